The Kier molecular flexibility index (Phi) is 7.83. The van der Waals surface area contributed by atoms with Crippen molar-refractivity contribution in [2.75, 3.05) is 5.32 Å². The van der Waals surface area contributed by atoms with Gasteiger partial charge in [0.05, 0.1) is 12.9 Å². The molecule has 1 atom stereocenters. The van der Waals surface area contributed by atoms with Crippen molar-refractivity contribution in [2.24, 2.45) is 5.92 Å². The average molecular weight is 452 g/mol. The Morgan fingerprint density at radius 3 is 2.53 bits per heavy atom. The van der Waals surface area contributed by atoms with Crippen LogP contribution in [-0.2, 0) is 17.8 Å². The summed E-state index contributed by atoms with van der Waals surface area (Å²) in [7, 11) is 0. The van der Waals surface area contributed by atoms with Gasteiger partial charge < -0.3 is 14.6 Å². The molecule has 0 spiro atoms. The second-order valence-electron chi connectivity index (χ2n) is 8.51. The van der Waals surface area contributed by atoms with Gasteiger partial charge in [0.1, 0.15) is 11.9 Å². The van der Waals surface area contributed by atoms with Crippen LogP contribution >= 0.6 is 11.6 Å². The zero-order chi connectivity index (χ0) is 22.2. The molecule has 5 nitrogen and oxygen atoms in total. The zero-order valence-corrected chi connectivity index (χ0v) is 19.0. The Morgan fingerprint density at radius 2 is 1.84 bits per heavy atom. The summed E-state index contributed by atoms with van der Waals surface area (Å²) in [5, 5.41) is 3.81. The van der Waals surface area contributed by atoms with Crippen LogP contribution in [0.2, 0.25) is 5.02 Å². The lowest BCUT2D eigenvalue weighted by Crippen LogP contribution is -2.25. The molecule has 1 amide bonds. The predicted molar refractivity (Wildman–Crippen MR) is 128 cm³/mol. The van der Waals surface area contributed by atoms with E-state index in [-0.39, 0.29) is 17.9 Å². The van der Waals surface area contributed by atoms with Gasteiger partial charge in [0.15, 0.2) is 0 Å². The van der Waals surface area contributed by atoms with Gasteiger partial charge in [0.2, 0.25) is 5.91 Å². The molecule has 1 fully saturated rings. The number of carbonyl (C=O) groups excluding carboxylic acids is 1. The van der Waals surface area contributed by atoms with Crippen molar-refractivity contribution < 1.29 is 9.53 Å². The number of nitrogens with one attached hydrogen (secondary N) is 1. The first-order valence-corrected chi connectivity index (χ1v) is 11.8. The number of hydrogen-bond donors (Lipinski definition) is 1. The lowest BCUT2D eigenvalue weighted by molar-refractivity contribution is -0.120. The van der Waals surface area contributed by atoms with Crippen LogP contribution in [0.5, 0.6) is 5.75 Å². The van der Waals surface area contributed by atoms with Crippen LogP contribution in [0.4, 0.5) is 5.69 Å². The largest absolute Gasteiger partial charge is 0.489 e. The van der Waals surface area contributed by atoms with Crippen molar-refractivity contribution in [3.05, 3.63) is 77.8 Å². The van der Waals surface area contributed by atoms with Gasteiger partial charge >= 0.3 is 0 Å². The molecule has 1 aliphatic carbocycles. The maximum absolute atomic E-state index is 12.5. The number of ether oxygens (including phenoxy) is 1. The summed E-state index contributed by atoms with van der Waals surface area (Å²) in [6, 6.07) is 15.7. The summed E-state index contributed by atoms with van der Waals surface area (Å²) in [6.45, 7) is 0.716. The summed E-state index contributed by atoms with van der Waals surface area (Å²) >= 11 is 6.00. The van der Waals surface area contributed by atoms with Crippen molar-refractivity contribution in [2.45, 2.75) is 57.6 Å². The summed E-state index contributed by atoms with van der Waals surface area (Å²) in [6.07, 6.45) is 12.8. The minimum absolute atomic E-state index is 0.0115. The van der Waals surface area contributed by atoms with Crippen molar-refractivity contribution in [3.8, 4) is 5.75 Å². The fourth-order valence-electron chi connectivity index (χ4n) is 4.21. The number of anilines is 1. The van der Waals surface area contributed by atoms with E-state index in [9.17, 15) is 4.79 Å². The molecule has 1 aliphatic rings. The molecule has 1 unspecified atom stereocenters. The van der Waals surface area contributed by atoms with Crippen LogP contribution in [0.15, 0.2) is 67.3 Å². The molecule has 1 aromatic heterocycles. The van der Waals surface area contributed by atoms with Crippen LogP contribution in [-0.4, -0.2) is 21.6 Å². The number of rotatable bonds is 9. The molecule has 0 aliphatic heterocycles. The average Bonchev–Trinajstić information content (AvgIpc) is 3.33. The van der Waals surface area contributed by atoms with E-state index < -0.39 is 0 Å². The van der Waals surface area contributed by atoms with E-state index in [0.717, 1.165) is 55.0 Å². The van der Waals surface area contributed by atoms with Crippen LogP contribution < -0.4 is 10.1 Å². The number of carbonyl (C=O) groups is 1. The van der Waals surface area contributed by atoms with Crippen molar-refractivity contribution in [3.63, 3.8) is 0 Å². The highest BCUT2D eigenvalue weighted by molar-refractivity contribution is 6.30. The molecule has 0 bridgehead atoms. The topological polar surface area (TPSA) is 56.1 Å². The van der Waals surface area contributed by atoms with E-state index in [4.69, 9.17) is 16.3 Å². The molecule has 2 aromatic carbocycles. The quantitative estimate of drug-likeness (QED) is 0.425. The molecule has 168 valence electrons. The lowest BCUT2D eigenvalue weighted by Gasteiger charge is -2.21. The minimum atomic E-state index is -0.0115. The van der Waals surface area contributed by atoms with E-state index in [1.54, 1.807) is 6.20 Å². The fraction of sp³-hybridized carbons (Fsp3) is 0.385. The minimum Gasteiger partial charge on any atom is -0.489 e. The molecule has 1 saturated carbocycles. The summed E-state index contributed by atoms with van der Waals surface area (Å²) in [5.74, 6) is 1.08. The summed E-state index contributed by atoms with van der Waals surface area (Å²) in [4.78, 5) is 16.6. The van der Waals surface area contributed by atoms with Crippen molar-refractivity contribution in [1.82, 2.24) is 9.55 Å². The van der Waals surface area contributed by atoms with Gasteiger partial charge in [-0.25, -0.2) is 4.98 Å². The highest BCUT2D eigenvalue weighted by Gasteiger charge is 2.21. The van der Waals surface area contributed by atoms with E-state index in [1.165, 1.54) is 12.0 Å². The van der Waals surface area contributed by atoms with Crippen LogP contribution in [0, 0.1) is 5.92 Å². The molecular formula is C26H30ClN3O2. The highest BCUT2D eigenvalue weighted by Crippen LogP contribution is 2.26. The predicted octanol–water partition coefficient (Wildman–Crippen LogP) is 6.14. The first-order chi connectivity index (χ1) is 15.7. The molecular weight excluding hydrogens is 422 g/mol. The molecule has 0 radical (unpaired) electrons. The van der Waals surface area contributed by atoms with Crippen molar-refractivity contribution >= 4 is 23.2 Å². The van der Waals surface area contributed by atoms with Gasteiger partial charge in [-0.1, -0.05) is 43.0 Å². The standard InChI is InChI=1S/C26H30ClN3O2/c27-22-9-6-20(7-10-22)8-13-25(18-30-17-16-28-19-30)32-24-14-11-23(12-15-24)29-26(31)21-4-2-1-3-5-21/h6-7,9-12,14-17,19,21,25H,1-5,8,13,18H2,(H,29,31). The number of halogens is 1. The molecule has 32 heavy (non-hydrogen) atoms. The summed E-state index contributed by atoms with van der Waals surface area (Å²) in [5.41, 5.74) is 2.05. The Morgan fingerprint density at radius 1 is 1.09 bits per heavy atom. The molecule has 6 heteroatoms. The van der Waals surface area contributed by atoms with Gasteiger partial charge in [-0.15, -0.1) is 0 Å². The third-order valence-corrected chi connectivity index (χ3v) is 6.29. The SMILES string of the molecule is O=C(Nc1ccc(OC(CCc2ccc(Cl)cc2)Cn2ccnc2)cc1)C1CCCCC1. The number of benzene rings is 2. The lowest BCUT2D eigenvalue weighted by atomic mass is 9.88. The second kappa shape index (κ2) is 11.2. The molecule has 3 aromatic rings. The van der Waals surface area contributed by atoms with Gasteiger partial charge in [0.25, 0.3) is 0 Å². The fourth-order valence-corrected chi connectivity index (χ4v) is 4.34. The molecule has 1 N–H and O–H groups in total. The highest BCUT2D eigenvalue weighted by atomic mass is 35.5. The second-order valence-corrected chi connectivity index (χ2v) is 8.95. The van der Waals surface area contributed by atoms with Crippen molar-refractivity contribution in [1.29, 1.82) is 0 Å². The van der Waals surface area contributed by atoms with Gasteiger partial charge in [-0.2, -0.15) is 0 Å². The van der Waals surface area contributed by atoms with Crippen LogP contribution in [0.25, 0.3) is 0 Å². The van der Waals surface area contributed by atoms with Gasteiger partial charge in [-0.3, -0.25) is 4.79 Å². The molecule has 1 heterocycles. The number of imidazole rings is 1. The third-order valence-electron chi connectivity index (χ3n) is 6.04. The Bertz CT molecular complexity index is 965. The van der Waals surface area contributed by atoms with Gasteiger partial charge in [0, 0.05) is 29.0 Å². The molecule has 0 saturated heterocycles. The zero-order valence-electron chi connectivity index (χ0n) is 18.3. The summed E-state index contributed by atoms with van der Waals surface area (Å²) < 4.78 is 8.36. The number of aryl methyl sites for hydroxylation is 1. The number of nitrogens with zero attached hydrogens (tertiary/aromatic N) is 2. The third kappa shape index (κ3) is 6.60. The maximum atomic E-state index is 12.5. The Labute approximate surface area is 194 Å². The first-order valence-electron chi connectivity index (χ1n) is 11.4. The first kappa shape index (κ1) is 22.4. The monoisotopic (exact) mass is 451 g/mol. The smallest absolute Gasteiger partial charge is 0.227 e. The van der Waals surface area contributed by atoms with Gasteiger partial charge in [-0.05, 0) is 67.6 Å². The maximum Gasteiger partial charge on any atom is 0.227 e. The number of hydrogen-bond acceptors (Lipinski definition) is 3. The molecule has 4 rings (SSSR count). The van der Waals surface area contributed by atoms with E-state index >= 15 is 0 Å². The van der Waals surface area contributed by atoms with E-state index in [0.29, 0.717) is 6.54 Å². The Balaban J connectivity index is 1.36. The number of aromatic nitrogens is 2. The normalized spacial score (nSPS) is 15.3. The van der Waals surface area contributed by atoms with E-state index in [1.807, 2.05) is 53.5 Å². The van der Waals surface area contributed by atoms with Crippen LogP contribution in [0.1, 0.15) is 44.1 Å². The number of amides is 1. The Hall–Kier alpha value is -2.79. The van der Waals surface area contributed by atoms with E-state index in [2.05, 4.69) is 22.4 Å². The van der Waals surface area contributed by atoms with Crippen LogP contribution in [0.3, 0.4) is 0 Å².